The fraction of sp³-hybridized carbons (Fsp3) is 0.0800. The van der Waals surface area contributed by atoms with Gasteiger partial charge in [-0.2, -0.15) is 5.10 Å². The molecule has 0 fully saturated rings. The summed E-state index contributed by atoms with van der Waals surface area (Å²) in [6, 6.07) is 17.0. The number of fused-ring (bicyclic) bond motifs is 1. The van der Waals surface area contributed by atoms with Gasteiger partial charge in [0.25, 0.3) is 0 Å². The smallest absolute Gasteiger partial charge is 0.335 e. The van der Waals surface area contributed by atoms with Crippen molar-refractivity contribution in [2.75, 3.05) is 7.11 Å². The van der Waals surface area contributed by atoms with Crippen molar-refractivity contribution in [1.82, 2.24) is 5.43 Å². The number of hydrazone groups is 1. The molecule has 0 saturated heterocycles. The minimum atomic E-state index is -0.984. The Morgan fingerprint density at radius 2 is 1.83 bits per heavy atom. The molecule has 3 aromatic carbocycles. The molecule has 8 nitrogen and oxygen atoms in total. The van der Waals surface area contributed by atoms with Gasteiger partial charge in [0.05, 0.1) is 18.9 Å². The third-order valence-corrected chi connectivity index (χ3v) is 6.13. The Kier molecular flexibility index (Phi) is 7.52. The molecule has 0 bridgehead atoms. The molecule has 0 unspecified atom stereocenters. The van der Waals surface area contributed by atoms with Gasteiger partial charge in [-0.3, -0.25) is 4.79 Å². The Labute approximate surface area is 216 Å². The van der Waals surface area contributed by atoms with E-state index in [2.05, 4.69) is 42.4 Å². The van der Waals surface area contributed by atoms with Crippen molar-refractivity contribution in [3.63, 3.8) is 0 Å². The summed E-state index contributed by atoms with van der Waals surface area (Å²) in [6.45, 7) is 0.222. The number of nitrogens with zero attached hydrogens (tertiary/aromatic N) is 1. The summed E-state index contributed by atoms with van der Waals surface area (Å²) < 4.78 is 18.4. The number of hydrogen-bond donors (Lipinski definition) is 2. The van der Waals surface area contributed by atoms with Crippen LogP contribution in [0.3, 0.4) is 0 Å². The van der Waals surface area contributed by atoms with Crippen LogP contribution in [-0.2, 0) is 6.61 Å². The van der Waals surface area contributed by atoms with Gasteiger partial charge in [-0.05, 0) is 70.0 Å². The summed E-state index contributed by atoms with van der Waals surface area (Å²) in [4.78, 5) is 23.4. The molecule has 35 heavy (non-hydrogen) atoms. The highest BCUT2D eigenvalue weighted by molar-refractivity contribution is 9.10. The number of methoxy groups -OCH3 is 1. The van der Waals surface area contributed by atoms with Crippen molar-refractivity contribution in [2.45, 2.75) is 6.61 Å². The Morgan fingerprint density at radius 3 is 2.54 bits per heavy atom. The second kappa shape index (κ2) is 10.7. The first-order chi connectivity index (χ1) is 16.8. The molecule has 4 rings (SSSR count). The van der Waals surface area contributed by atoms with Gasteiger partial charge in [0.2, 0.25) is 0 Å². The molecule has 0 spiro atoms. The highest BCUT2D eigenvalue weighted by Gasteiger charge is 2.13. The second-order valence-electron chi connectivity index (χ2n) is 7.31. The van der Waals surface area contributed by atoms with Crippen LogP contribution >= 0.6 is 31.9 Å². The fourth-order valence-corrected chi connectivity index (χ4v) is 3.97. The van der Waals surface area contributed by atoms with Crippen molar-refractivity contribution >= 4 is 60.9 Å². The number of hydrogen-bond acceptors (Lipinski definition) is 6. The lowest BCUT2D eigenvalue weighted by Crippen LogP contribution is -2.16. The van der Waals surface area contributed by atoms with Gasteiger partial charge in [0.1, 0.15) is 12.2 Å². The number of carboxylic acid groups (broad SMARTS) is 1. The van der Waals surface area contributed by atoms with Gasteiger partial charge in [-0.1, -0.05) is 28.1 Å². The van der Waals surface area contributed by atoms with Gasteiger partial charge < -0.3 is 19.0 Å². The van der Waals surface area contributed by atoms with E-state index in [0.29, 0.717) is 27.1 Å². The number of halogens is 2. The predicted octanol–water partition coefficient (Wildman–Crippen LogP) is 6.01. The number of carbonyl (C=O) groups excluding carboxylic acids is 1. The minimum Gasteiger partial charge on any atom is -0.493 e. The van der Waals surface area contributed by atoms with Crippen molar-refractivity contribution in [1.29, 1.82) is 0 Å². The largest absolute Gasteiger partial charge is 0.493 e. The quantitative estimate of drug-likeness (QED) is 0.189. The third-order valence-electron chi connectivity index (χ3n) is 4.95. The number of furan rings is 1. The third kappa shape index (κ3) is 5.90. The second-order valence-corrected chi connectivity index (χ2v) is 9.08. The number of carboxylic acids is 1. The Hall–Kier alpha value is -3.63. The molecule has 0 atom stereocenters. The molecular formula is C25H18Br2N2O6. The molecule has 1 amide bonds. The molecule has 1 aromatic heterocycles. The molecular weight excluding hydrogens is 584 g/mol. The molecule has 0 saturated carbocycles. The van der Waals surface area contributed by atoms with Crippen LogP contribution in [0.2, 0.25) is 0 Å². The van der Waals surface area contributed by atoms with Crippen LogP contribution < -0.4 is 14.9 Å². The van der Waals surface area contributed by atoms with E-state index in [0.717, 1.165) is 15.4 Å². The van der Waals surface area contributed by atoms with Crippen LogP contribution in [0.4, 0.5) is 0 Å². The molecule has 0 aliphatic carbocycles. The van der Waals surface area contributed by atoms with Crippen LogP contribution in [-0.4, -0.2) is 30.3 Å². The average Bonchev–Trinajstić information content (AvgIpc) is 3.27. The van der Waals surface area contributed by atoms with E-state index in [1.807, 2.05) is 12.1 Å². The SMILES string of the molecule is COc1cc(/C=N/NC(=O)c2cc3cc(Br)ccc3o2)c(Br)cc1OCc1ccc(C(=O)O)cc1. The van der Waals surface area contributed by atoms with Crippen LogP contribution in [0.5, 0.6) is 11.5 Å². The Balaban J connectivity index is 1.43. The number of rotatable bonds is 8. The summed E-state index contributed by atoms with van der Waals surface area (Å²) >= 11 is 6.87. The zero-order chi connectivity index (χ0) is 24.9. The first-order valence-corrected chi connectivity index (χ1v) is 11.8. The number of benzene rings is 3. The van der Waals surface area contributed by atoms with Gasteiger partial charge in [-0.15, -0.1) is 0 Å². The molecule has 0 aliphatic heterocycles. The van der Waals surface area contributed by atoms with E-state index >= 15 is 0 Å². The lowest BCUT2D eigenvalue weighted by molar-refractivity contribution is 0.0696. The van der Waals surface area contributed by atoms with Crippen LogP contribution in [0.1, 0.15) is 32.0 Å². The maximum absolute atomic E-state index is 12.4. The minimum absolute atomic E-state index is 0.145. The van der Waals surface area contributed by atoms with Crippen molar-refractivity contribution in [3.8, 4) is 11.5 Å². The number of ether oxygens (including phenoxy) is 2. The normalized spacial score (nSPS) is 11.1. The van der Waals surface area contributed by atoms with Gasteiger partial charge in [-0.25, -0.2) is 10.2 Å². The lowest BCUT2D eigenvalue weighted by atomic mass is 10.1. The summed E-state index contributed by atoms with van der Waals surface area (Å²) in [5.74, 6) is -0.373. The molecule has 1 heterocycles. The average molecular weight is 602 g/mol. The van der Waals surface area contributed by atoms with Gasteiger partial charge >= 0.3 is 11.9 Å². The van der Waals surface area contributed by atoms with E-state index in [1.54, 1.807) is 36.4 Å². The zero-order valence-electron chi connectivity index (χ0n) is 18.2. The maximum atomic E-state index is 12.4. The van der Waals surface area contributed by atoms with Gasteiger partial charge in [0, 0.05) is 19.9 Å². The number of aromatic carboxylic acids is 1. The highest BCUT2D eigenvalue weighted by Crippen LogP contribution is 2.33. The van der Waals surface area contributed by atoms with Crippen molar-refractivity contribution in [2.24, 2.45) is 5.10 Å². The summed E-state index contributed by atoms with van der Waals surface area (Å²) in [7, 11) is 1.51. The zero-order valence-corrected chi connectivity index (χ0v) is 21.4. The van der Waals surface area contributed by atoms with E-state index in [1.165, 1.54) is 25.5 Å². The molecule has 178 valence electrons. The van der Waals surface area contributed by atoms with Crippen molar-refractivity contribution in [3.05, 3.63) is 92.1 Å². The fourth-order valence-electron chi connectivity index (χ4n) is 3.17. The first kappa shape index (κ1) is 24.5. The summed E-state index contributed by atoms with van der Waals surface area (Å²) in [5.41, 5.74) is 4.71. The van der Waals surface area contributed by atoms with Gasteiger partial charge in [0.15, 0.2) is 17.3 Å². The number of carbonyl (C=O) groups is 2. The maximum Gasteiger partial charge on any atom is 0.335 e. The van der Waals surface area contributed by atoms with Crippen LogP contribution in [0.15, 0.2) is 79.1 Å². The predicted molar refractivity (Wildman–Crippen MR) is 137 cm³/mol. The lowest BCUT2D eigenvalue weighted by Gasteiger charge is -2.13. The molecule has 0 aliphatic rings. The molecule has 2 N–H and O–H groups in total. The van der Waals surface area contributed by atoms with Crippen LogP contribution in [0, 0.1) is 0 Å². The summed E-state index contributed by atoms with van der Waals surface area (Å²) in [5, 5.41) is 13.8. The molecule has 4 aromatic rings. The van der Waals surface area contributed by atoms with Crippen LogP contribution in [0.25, 0.3) is 11.0 Å². The van der Waals surface area contributed by atoms with E-state index in [4.69, 9.17) is 19.0 Å². The Bertz CT molecular complexity index is 1430. The summed E-state index contributed by atoms with van der Waals surface area (Å²) in [6.07, 6.45) is 1.47. The topological polar surface area (TPSA) is 110 Å². The standard InChI is InChI=1S/C25H18Br2N2O6/c1-33-21-10-17(12-28-29-24(30)23-9-16-8-18(26)6-7-20(16)35-23)19(27)11-22(21)34-13-14-2-4-15(5-3-14)25(31)32/h2-12H,13H2,1H3,(H,29,30)(H,31,32)/b28-12+. The van der Waals surface area contributed by atoms with Crippen molar-refractivity contribution < 1.29 is 28.6 Å². The molecule has 0 radical (unpaired) electrons. The number of nitrogens with one attached hydrogen (secondary N) is 1. The first-order valence-electron chi connectivity index (χ1n) is 10.2. The van der Waals surface area contributed by atoms with E-state index < -0.39 is 11.9 Å². The Morgan fingerprint density at radius 1 is 1.06 bits per heavy atom. The molecule has 10 heteroatoms. The van der Waals surface area contributed by atoms with E-state index in [-0.39, 0.29) is 17.9 Å². The highest BCUT2D eigenvalue weighted by atomic mass is 79.9. The number of amides is 1. The monoisotopic (exact) mass is 600 g/mol. The van der Waals surface area contributed by atoms with E-state index in [9.17, 15) is 9.59 Å².